The fourth-order valence-electron chi connectivity index (χ4n) is 6.50. The number of carbonyl (C=O) groups is 1. The van der Waals surface area contributed by atoms with Crippen LogP contribution in [0.25, 0.3) is 0 Å². The number of nitrogens with zero attached hydrogens (tertiary/aromatic N) is 3. The molecule has 1 aromatic rings. The van der Waals surface area contributed by atoms with Crippen molar-refractivity contribution in [2.45, 2.75) is 57.5 Å². The molecule has 140 valence electrons. The number of aromatic nitrogens is 2. The van der Waals surface area contributed by atoms with Gasteiger partial charge < -0.3 is 5.32 Å². The highest BCUT2D eigenvalue weighted by molar-refractivity contribution is 5.79. The van der Waals surface area contributed by atoms with Gasteiger partial charge in [0.1, 0.15) is 0 Å². The lowest BCUT2D eigenvalue weighted by Gasteiger charge is -2.54. The van der Waals surface area contributed by atoms with Crippen molar-refractivity contribution in [3.63, 3.8) is 0 Å². The van der Waals surface area contributed by atoms with Gasteiger partial charge in [-0.05, 0) is 75.2 Å². The zero-order chi connectivity index (χ0) is 17.5. The molecule has 5 fully saturated rings. The molecule has 0 spiro atoms. The second-order valence-corrected chi connectivity index (χ2v) is 9.24. The molecular formula is C21H30N4O. The van der Waals surface area contributed by atoms with Crippen LogP contribution in [0.4, 0.5) is 0 Å². The summed E-state index contributed by atoms with van der Waals surface area (Å²) in [6.07, 6.45) is 14.3. The maximum atomic E-state index is 13.0. The highest BCUT2D eigenvalue weighted by atomic mass is 16.2. The first-order chi connectivity index (χ1) is 12.7. The Morgan fingerprint density at radius 3 is 2.58 bits per heavy atom. The first kappa shape index (κ1) is 16.7. The van der Waals surface area contributed by atoms with E-state index in [0.717, 1.165) is 61.8 Å². The average molecular weight is 354 g/mol. The average Bonchev–Trinajstić information content (AvgIpc) is 2.65. The predicted molar refractivity (Wildman–Crippen MR) is 99.0 cm³/mol. The molecule has 1 atom stereocenters. The second-order valence-electron chi connectivity index (χ2n) is 9.24. The van der Waals surface area contributed by atoms with Gasteiger partial charge in [0.15, 0.2) is 0 Å². The second kappa shape index (κ2) is 6.91. The van der Waals surface area contributed by atoms with Crippen LogP contribution in [-0.2, 0) is 11.3 Å². The standard InChI is InChI=1S/C21H30N4O/c26-21(24-20-17-7-14-6-15(9-17)10-18(20)8-14)16-2-1-5-25(12-16)13-19-11-22-3-4-23-19/h3-4,11,14-18,20H,1-2,5-10,12-13H2,(H,24,26)/t14?,15?,16-,17?,18?,20?/m0/s1. The minimum absolute atomic E-state index is 0.137. The molecule has 0 unspecified atom stereocenters. The summed E-state index contributed by atoms with van der Waals surface area (Å²) in [5, 5.41) is 3.52. The Hall–Kier alpha value is -1.49. The van der Waals surface area contributed by atoms with E-state index >= 15 is 0 Å². The first-order valence-corrected chi connectivity index (χ1v) is 10.5. The summed E-state index contributed by atoms with van der Waals surface area (Å²) in [6, 6.07) is 0.464. The topological polar surface area (TPSA) is 58.1 Å². The van der Waals surface area contributed by atoms with Crippen LogP contribution >= 0.6 is 0 Å². The molecule has 1 aliphatic heterocycles. The van der Waals surface area contributed by atoms with Crippen molar-refractivity contribution >= 4 is 5.91 Å². The Kier molecular flexibility index (Phi) is 4.43. The molecule has 4 saturated carbocycles. The summed E-state index contributed by atoms with van der Waals surface area (Å²) < 4.78 is 0. The van der Waals surface area contributed by atoms with Crippen LogP contribution in [0.3, 0.4) is 0 Å². The number of nitrogens with one attached hydrogen (secondary N) is 1. The van der Waals surface area contributed by atoms with Crippen LogP contribution < -0.4 is 5.32 Å². The molecule has 1 amide bonds. The lowest BCUT2D eigenvalue weighted by atomic mass is 9.54. The number of likely N-dealkylation sites (tertiary alicyclic amines) is 1. The Bertz CT molecular complexity index is 621. The molecule has 5 nitrogen and oxygen atoms in total. The number of piperidine rings is 1. The van der Waals surface area contributed by atoms with Crippen LogP contribution in [0.5, 0.6) is 0 Å². The summed E-state index contributed by atoms with van der Waals surface area (Å²) in [5.74, 6) is 3.89. The van der Waals surface area contributed by atoms with Crippen molar-refractivity contribution in [3.8, 4) is 0 Å². The number of hydrogen-bond acceptors (Lipinski definition) is 4. The largest absolute Gasteiger partial charge is 0.353 e. The summed E-state index contributed by atoms with van der Waals surface area (Å²) in [4.78, 5) is 23.9. The van der Waals surface area contributed by atoms with Gasteiger partial charge in [-0.3, -0.25) is 19.7 Å². The first-order valence-electron chi connectivity index (χ1n) is 10.5. The maximum absolute atomic E-state index is 13.0. The van der Waals surface area contributed by atoms with Gasteiger partial charge in [-0.1, -0.05) is 0 Å². The Morgan fingerprint density at radius 2 is 1.88 bits per heavy atom. The molecule has 5 aliphatic rings. The number of rotatable bonds is 4. The van der Waals surface area contributed by atoms with E-state index in [1.165, 1.54) is 32.1 Å². The van der Waals surface area contributed by atoms with E-state index < -0.39 is 0 Å². The van der Waals surface area contributed by atoms with Gasteiger partial charge in [0.2, 0.25) is 5.91 Å². The van der Waals surface area contributed by atoms with Gasteiger partial charge in [-0.2, -0.15) is 0 Å². The molecule has 0 radical (unpaired) electrons. The van der Waals surface area contributed by atoms with E-state index in [-0.39, 0.29) is 5.92 Å². The fourth-order valence-corrected chi connectivity index (χ4v) is 6.50. The Morgan fingerprint density at radius 1 is 1.12 bits per heavy atom. The molecule has 1 N–H and O–H groups in total. The zero-order valence-electron chi connectivity index (χ0n) is 15.5. The van der Waals surface area contributed by atoms with Crippen molar-refractivity contribution in [1.29, 1.82) is 0 Å². The van der Waals surface area contributed by atoms with E-state index in [2.05, 4.69) is 20.2 Å². The van der Waals surface area contributed by atoms with Crippen LogP contribution in [0.1, 0.15) is 50.6 Å². The smallest absolute Gasteiger partial charge is 0.224 e. The molecule has 6 rings (SSSR count). The van der Waals surface area contributed by atoms with Crippen LogP contribution in [0.2, 0.25) is 0 Å². The van der Waals surface area contributed by atoms with Crippen LogP contribution in [0, 0.1) is 29.6 Å². The molecule has 0 aromatic carbocycles. The number of carbonyl (C=O) groups excluding carboxylic acids is 1. The van der Waals surface area contributed by atoms with Gasteiger partial charge >= 0.3 is 0 Å². The number of hydrogen-bond donors (Lipinski definition) is 1. The highest BCUT2D eigenvalue weighted by Crippen LogP contribution is 2.53. The van der Waals surface area contributed by atoms with Crippen molar-refractivity contribution in [2.75, 3.05) is 13.1 Å². The maximum Gasteiger partial charge on any atom is 0.224 e. The highest BCUT2D eigenvalue weighted by Gasteiger charge is 2.49. The normalized spacial score (nSPS) is 39.1. The summed E-state index contributed by atoms with van der Waals surface area (Å²) in [6.45, 7) is 2.71. The summed E-state index contributed by atoms with van der Waals surface area (Å²) in [5.41, 5.74) is 0.995. The molecular weight excluding hydrogens is 324 g/mol. The zero-order valence-corrected chi connectivity index (χ0v) is 15.5. The monoisotopic (exact) mass is 354 g/mol. The van der Waals surface area contributed by atoms with Crippen LogP contribution in [-0.4, -0.2) is 39.9 Å². The lowest BCUT2D eigenvalue weighted by molar-refractivity contribution is -0.130. The molecule has 1 saturated heterocycles. The quantitative estimate of drug-likeness (QED) is 0.903. The van der Waals surface area contributed by atoms with Gasteiger partial charge in [-0.25, -0.2) is 0 Å². The Labute approximate surface area is 156 Å². The third-order valence-electron chi connectivity index (χ3n) is 7.41. The van der Waals surface area contributed by atoms with E-state index in [1.807, 2.05) is 6.20 Å². The Balaban J connectivity index is 1.19. The molecule has 26 heavy (non-hydrogen) atoms. The summed E-state index contributed by atoms with van der Waals surface area (Å²) in [7, 11) is 0. The van der Waals surface area contributed by atoms with Crippen molar-refractivity contribution < 1.29 is 4.79 Å². The summed E-state index contributed by atoms with van der Waals surface area (Å²) >= 11 is 0. The van der Waals surface area contributed by atoms with Crippen molar-refractivity contribution in [2.24, 2.45) is 29.6 Å². The predicted octanol–water partition coefficient (Wildman–Crippen LogP) is 2.63. The molecule has 4 aliphatic carbocycles. The van der Waals surface area contributed by atoms with Gasteiger partial charge in [0.25, 0.3) is 0 Å². The number of amides is 1. The minimum atomic E-state index is 0.137. The van der Waals surface area contributed by atoms with Crippen molar-refractivity contribution in [3.05, 3.63) is 24.3 Å². The van der Waals surface area contributed by atoms with Gasteiger partial charge in [0.05, 0.1) is 11.6 Å². The van der Waals surface area contributed by atoms with Gasteiger partial charge in [0, 0.05) is 37.7 Å². The minimum Gasteiger partial charge on any atom is -0.353 e. The van der Waals surface area contributed by atoms with E-state index in [4.69, 9.17) is 0 Å². The van der Waals surface area contributed by atoms with E-state index in [0.29, 0.717) is 11.9 Å². The van der Waals surface area contributed by atoms with E-state index in [9.17, 15) is 4.79 Å². The molecule has 2 heterocycles. The molecule has 4 bridgehead atoms. The SMILES string of the molecule is O=C(NC1C2CC3CC(C2)CC1C3)[C@H]1CCCN(Cc2cnccn2)C1. The van der Waals surface area contributed by atoms with Crippen molar-refractivity contribution in [1.82, 2.24) is 20.2 Å². The molecule has 5 heteroatoms. The lowest BCUT2D eigenvalue weighted by Crippen LogP contribution is -2.57. The third-order valence-corrected chi connectivity index (χ3v) is 7.41. The third kappa shape index (κ3) is 3.26. The van der Waals surface area contributed by atoms with Crippen LogP contribution in [0.15, 0.2) is 18.6 Å². The van der Waals surface area contributed by atoms with E-state index in [1.54, 1.807) is 12.4 Å². The van der Waals surface area contributed by atoms with Gasteiger partial charge in [-0.15, -0.1) is 0 Å². The fraction of sp³-hybridized carbons (Fsp3) is 0.762. The molecule has 1 aromatic heterocycles.